The predicted molar refractivity (Wildman–Crippen MR) is 74.7 cm³/mol. The molecule has 0 radical (unpaired) electrons. The Kier molecular flexibility index (Phi) is 3.79. The summed E-state index contributed by atoms with van der Waals surface area (Å²) in [6.07, 6.45) is 0. The average molecular weight is 246 g/mol. The third-order valence-electron chi connectivity index (χ3n) is 2.71. The van der Waals surface area contributed by atoms with Gasteiger partial charge in [-0.15, -0.1) is 11.3 Å². The lowest BCUT2D eigenvalue weighted by Gasteiger charge is -2.13. The van der Waals surface area contributed by atoms with Gasteiger partial charge in [-0.25, -0.2) is 4.98 Å². The molecular weight excluding hydrogens is 228 g/mol. The fourth-order valence-corrected chi connectivity index (χ4v) is 2.45. The Morgan fingerprint density at radius 2 is 2.06 bits per heavy atom. The molecule has 0 aliphatic rings. The second kappa shape index (κ2) is 5.32. The summed E-state index contributed by atoms with van der Waals surface area (Å²) in [6.45, 7) is 7.27. The first-order valence-corrected chi connectivity index (χ1v) is 6.78. The molecule has 0 aliphatic carbocycles. The van der Waals surface area contributed by atoms with Crippen LogP contribution in [0.1, 0.15) is 36.0 Å². The molecule has 3 heteroatoms. The smallest absolute Gasteiger partial charge is 0.0898 e. The van der Waals surface area contributed by atoms with Crippen molar-refractivity contribution in [1.82, 2.24) is 4.98 Å². The Morgan fingerprint density at radius 3 is 2.71 bits per heavy atom. The van der Waals surface area contributed by atoms with Gasteiger partial charge in [-0.2, -0.15) is 0 Å². The average Bonchev–Trinajstić information content (AvgIpc) is 2.73. The van der Waals surface area contributed by atoms with Crippen molar-refractivity contribution in [2.45, 2.75) is 33.2 Å². The molecule has 90 valence electrons. The van der Waals surface area contributed by atoms with Gasteiger partial charge in [-0.05, 0) is 24.5 Å². The maximum Gasteiger partial charge on any atom is 0.0898 e. The van der Waals surface area contributed by atoms with Crippen LogP contribution in [-0.4, -0.2) is 4.98 Å². The second-order valence-corrected chi connectivity index (χ2v) is 5.52. The number of rotatable bonds is 4. The summed E-state index contributed by atoms with van der Waals surface area (Å²) in [5.74, 6) is 0.538. The molecule has 1 aromatic carbocycles. The number of nitrogens with zero attached hydrogens (tertiary/aromatic N) is 1. The van der Waals surface area contributed by atoms with E-state index < -0.39 is 0 Å². The lowest BCUT2D eigenvalue weighted by atomic mass is 10.0. The first-order chi connectivity index (χ1) is 8.16. The van der Waals surface area contributed by atoms with Crippen molar-refractivity contribution in [2.75, 3.05) is 5.32 Å². The standard InChI is InChI=1S/C14H18N2S/c1-10(2)13-6-4-5-7-14(13)15-8-12-9-17-11(3)16-12/h4-7,9-10,15H,8H2,1-3H3. The number of nitrogens with one attached hydrogen (secondary N) is 1. The number of anilines is 1. The zero-order chi connectivity index (χ0) is 12.3. The quantitative estimate of drug-likeness (QED) is 0.875. The van der Waals surface area contributed by atoms with Gasteiger partial charge in [0.25, 0.3) is 0 Å². The van der Waals surface area contributed by atoms with Crippen molar-refractivity contribution in [3.8, 4) is 0 Å². The zero-order valence-corrected chi connectivity index (χ0v) is 11.3. The van der Waals surface area contributed by atoms with E-state index in [9.17, 15) is 0 Å². The molecule has 0 fully saturated rings. The van der Waals surface area contributed by atoms with Crippen molar-refractivity contribution in [2.24, 2.45) is 0 Å². The van der Waals surface area contributed by atoms with Crippen LogP contribution in [0.5, 0.6) is 0 Å². The molecule has 1 heterocycles. The molecular formula is C14H18N2S. The van der Waals surface area contributed by atoms with Crippen LogP contribution in [0.2, 0.25) is 0 Å². The lowest BCUT2D eigenvalue weighted by Crippen LogP contribution is -2.03. The van der Waals surface area contributed by atoms with E-state index in [0.717, 1.165) is 17.2 Å². The molecule has 1 aromatic heterocycles. The number of aromatic nitrogens is 1. The zero-order valence-electron chi connectivity index (χ0n) is 10.5. The van der Waals surface area contributed by atoms with Crippen molar-refractivity contribution in [3.63, 3.8) is 0 Å². The molecule has 0 atom stereocenters. The van der Waals surface area contributed by atoms with E-state index in [4.69, 9.17) is 0 Å². The van der Waals surface area contributed by atoms with Gasteiger partial charge in [0.05, 0.1) is 17.2 Å². The van der Waals surface area contributed by atoms with E-state index in [1.54, 1.807) is 11.3 Å². The fraction of sp³-hybridized carbons (Fsp3) is 0.357. The highest BCUT2D eigenvalue weighted by Gasteiger charge is 2.05. The first-order valence-electron chi connectivity index (χ1n) is 5.90. The van der Waals surface area contributed by atoms with Crippen molar-refractivity contribution >= 4 is 17.0 Å². The summed E-state index contributed by atoms with van der Waals surface area (Å²) < 4.78 is 0. The van der Waals surface area contributed by atoms with Crippen molar-refractivity contribution in [1.29, 1.82) is 0 Å². The highest BCUT2D eigenvalue weighted by atomic mass is 32.1. The Morgan fingerprint density at radius 1 is 1.29 bits per heavy atom. The molecule has 0 unspecified atom stereocenters. The van der Waals surface area contributed by atoms with E-state index in [-0.39, 0.29) is 0 Å². The van der Waals surface area contributed by atoms with Gasteiger partial charge in [0.15, 0.2) is 0 Å². The van der Waals surface area contributed by atoms with Gasteiger partial charge < -0.3 is 5.32 Å². The molecule has 17 heavy (non-hydrogen) atoms. The summed E-state index contributed by atoms with van der Waals surface area (Å²) in [7, 11) is 0. The Labute approximate surface area is 107 Å². The minimum absolute atomic E-state index is 0.538. The number of para-hydroxylation sites is 1. The summed E-state index contributed by atoms with van der Waals surface area (Å²) >= 11 is 1.70. The van der Waals surface area contributed by atoms with Gasteiger partial charge in [-0.3, -0.25) is 0 Å². The molecule has 0 saturated carbocycles. The maximum atomic E-state index is 4.46. The molecule has 0 bridgehead atoms. The van der Waals surface area contributed by atoms with Gasteiger partial charge in [-0.1, -0.05) is 32.0 Å². The Balaban J connectivity index is 2.08. The highest BCUT2D eigenvalue weighted by molar-refractivity contribution is 7.09. The SMILES string of the molecule is Cc1nc(CNc2ccccc2C(C)C)cs1. The summed E-state index contributed by atoms with van der Waals surface area (Å²) in [6, 6.07) is 8.47. The molecule has 1 N–H and O–H groups in total. The Hall–Kier alpha value is -1.35. The number of thiazole rings is 1. The second-order valence-electron chi connectivity index (χ2n) is 4.45. The van der Waals surface area contributed by atoms with Crippen LogP contribution in [0.4, 0.5) is 5.69 Å². The summed E-state index contributed by atoms with van der Waals surface area (Å²) in [5.41, 5.74) is 3.69. The monoisotopic (exact) mass is 246 g/mol. The third kappa shape index (κ3) is 3.07. The predicted octanol–water partition coefficient (Wildman–Crippen LogP) is 4.19. The van der Waals surface area contributed by atoms with Crippen LogP contribution in [0, 0.1) is 6.92 Å². The number of aryl methyl sites for hydroxylation is 1. The summed E-state index contributed by atoms with van der Waals surface area (Å²) in [4.78, 5) is 4.46. The minimum atomic E-state index is 0.538. The third-order valence-corrected chi connectivity index (χ3v) is 3.53. The van der Waals surface area contributed by atoms with Crippen LogP contribution in [-0.2, 0) is 6.54 Å². The van der Waals surface area contributed by atoms with Crippen molar-refractivity contribution in [3.05, 3.63) is 45.9 Å². The highest BCUT2D eigenvalue weighted by Crippen LogP contribution is 2.24. The molecule has 2 nitrogen and oxygen atoms in total. The fourth-order valence-electron chi connectivity index (χ4n) is 1.84. The van der Waals surface area contributed by atoms with E-state index in [2.05, 4.69) is 53.8 Å². The number of hydrogen-bond acceptors (Lipinski definition) is 3. The minimum Gasteiger partial charge on any atom is -0.379 e. The van der Waals surface area contributed by atoms with Crippen LogP contribution in [0.25, 0.3) is 0 Å². The topological polar surface area (TPSA) is 24.9 Å². The van der Waals surface area contributed by atoms with E-state index in [0.29, 0.717) is 5.92 Å². The molecule has 2 aromatic rings. The molecule has 2 rings (SSSR count). The van der Waals surface area contributed by atoms with E-state index >= 15 is 0 Å². The largest absolute Gasteiger partial charge is 0.379 e. The van der Waals surface area contributed by atoms with Crippen LogP contribution >= 0.6 is 11.3 Å². The van der Waals surface area contributed by atoms with Crippen LogP contribution < -0.4 is 5.32 Å². The van der Waals surface area contributed by atoms with Gasteiger partial charge in [0.2, 0.25) is 0 Å². The molecule has 0 amide bonds. The Bertz CT molecular complexity index is 488. The summed E-state index contributed by atoms with van der Waals surface area (Å²) in [5, 5.41) is 6.70. The molecule has 0 spiro atoms. The van der Waals surface area contributed by atoms with E-state index in [1.165, 1.54) is 11.3 Å². The van der Waals surface area contributed by atoms with Crippen molar-refractivity contribution < 1.29 is 0 Å². The molecule has 0 aliphatic heterocycles. The number of benzene rings is 1. The van der Waals surface area contributed by atoms with Gasteiger partial charge in [0.1, 0.15) is 0 Å². The first kappa shape index (κ1) is 12.1. The number of hydrogen-bond donors (Lipinski definition) is 1. The maximum absolute atomic E-state index is 4.46. The van der Waals surface area contributed by atoms with Crippen LogP contribution in [0.15, 0.2) is 29.6 Å². The van der Waals surface area contributed by atoms with Crippen LogP contribution in [0.3, 0.4) is 0 Å². The van der Waals surface area contributed by atoms with Gasteiger partial charge in [0, 0.05) is 11.1 Å². The molecule has 0 saturated heterocycles. The lowest BCUT2D eigenvalue weighted by molar-refractivity contribution is 0.864. The van der Waals surface area contributed by atoms with E-state index in [1.807, 2.05) is 6.92 Å². The van der Waals surface area contributed by atoms with Gasteiger partial charge >= 0.3 is 0 Å². The normalized spacial score (nSPS) is 10.8.